The van der Waals surface area contributed by atoms with Crippen molar-refractivity contribution in [1.82, 2.24) is 0 Å². The number of benzene rings is 1. The number of carbonyl (C=O) groups is 1. The van der Waals surface area contributed by atoms with E-state index in [1.807, 2.05) is 6.07 Å². The minimum Gasteiger partial charge on any atom is -0.295 e. The number of carbonyl (C=O) groups excluding carboxylic acids is 1. The van der Waals surface area contributed by atoms with E-state index in [2.05, 4.69) is 13.8 Å². The molecule has 0 bridgehead atoms. The fourth-order valence-corrected chi connectivity index (χ4v) is 0.779. The highest BCUT2D eigenvalue weighted by molar-refractivity contribution is 5.94. The van der Waals surface area contributed by atoms with Crippen molar-refractivity contribution in [2.45, 2.75) is 27.2 Å². The molecule has 0 saturated carbocycles. The van der Waals surface area contributed by atoms with E-state index in [0.29, 0.717) is 11.1 Å². The minimum absolute atomic E-state index is 0.0227. The molecule has 74 valence electrons. The Morgan fingerprint density at radius 2 is 1.71 bits per heavy atom. The van der Waals surface area contributed by atoms with E-state index in [1.54, 1.807) is 24.3 Å². The zero-order chi connectivity index (χ0) is 11.0. The molecule has 0 aliphatic rings. The predicted octanol–water partition coefficient (Wildman–Crippen LogP) is 3.18. The standard InChI is InChI=1S/C9H7NO.C3H8/c1-7(11)9-4-2-8(6-10)3-5-9;1-3-2/h2-5H,1H3;3H2,1-2H3. The van der Waals surface area contributed by atoms with Gasteiger partial charge in [0.25, 0.3) is 0 Å². The number of hydrogen-bond donors (Lipinski definition) is 0. The van der Waals surface area contributed by atoms with E-state index < -0.39 is 0 Å². The van der Waals surface area contributed by atoms with Gasteiger partial charge in [-0.05, 0) is 19.1 Å². The molecule has 0 aliphatic carbocycles. The average molecular weight is 189 g/mol. The van der Waals surface area contributed by atoms with Crippen LogP contribution in [-0.4, -0.2) is 5.78 Å². The molecule has 0 spiro atoms. The number of rotatable bonds is 1. The van der Waals surface area contributed by atoms with E-state index in [4.69, 9.17) is 5.26 Å². The predicted molar refractivity (Wildman–Crippen MR) is 57.1 cm³/mol. The van der Waals surface area contributed by atoms with E-state index >= 15 is 0 Å². The summed E-state index contributed by atoms with van der Waals surface area (Å²) >= 11 is 0. The number of hydrogen-bond acceptors (Lipinski definition) is 2. The lowest BCUT2D eigenvalue weighted by Gasteiger charge is -1.92. The largest absolute Gasteiger partial charge is 0.295 e. The Morgan fingerprint density at radius 1 is 1.29 bits per heavy atom. The molecule has 0 aliphatic heterocycles. The van der Waals surface area contributed by atoms with Gasteiger partial charge < -0.3 is 0 Å². The first-order valence-corrected chi connectivity index (χ1v) is 4.66. The smallest absolute Gasteiger partial charge is 0.159 e. The monoisotopic (exact) mass is 189 g/mol. The van der Waals surface area contributed by atoms with Gasteiger partial charge in [0.1, 0.15) is 0 Å². The molecule has 0 fully saturated rings. The van der Waals surface area contributed by atoms with Crippen LogP contribution < -0.4 is 0 Å². The second kappa shape index (κ2) is 6.85. The third-order valence-electron chi connectivity index (χ3n) is 1.42. The summed E-state index contributed by atoms with van der Waals surface area (Å²) in [6.07, 6.45) is 1.25. The van der Waals surface area contributed by atoms with Crippen LogP contribution in [0.3, 0.4) is 0 Å². The summed E-state index contributed by atoms with van der Waals surface area (Å²) < 4.78 is 0. The molecule has 14 heavy (non-hydrogen) atoms. The highest BCUT2D eigenvalue weighted by atomic mass is 16.1. The Labute approximate surface area is 85.2 Å². The molecule has 0 saturated heterocycles. The van der Waals surface area contributed by atoms with Gasteiger partial charge in [0.2, 0.25) is 0 Å². The molecule has 0 heterocycles. The zero-order valence-electron chi connectivity index (χ0n) is 8.87. The highest BCUT2D eigenvalue weighted by Gasteiger charge is 1.96. The highest BCUT2D eigenvalue weighted by Crippen LogP contribution is 2.03. The van der Waals surface area contributed by atoms with Crippen LogP contribution in [-0.2, 0) is 0 Å². The van der Waals surface area contributed by atoms with Gasteiger partial charge in [0.05, 0.1) is 11.6 Å². The topological polar surface area (TPSA) is 40.9 Å². The van der Waals surface area contributed by atoms with E-state index in [1.165, 1.54) is 13.3 Å². The second-order valence-corrected chi connectivity index (χ2v) is 2.95. The molecule has 0 unspecified atom stereocenters. The SMILES string of the molecule is CC(=O)c1ccc(C#N)cc1.CCC. The lowest BCUT2D eigenvalue weighted by atomic mass is 10.1. The molecule has 2 heteroatoms. The fraction of sp³-hybridized carbons (Fsp3) is 0.333. The molecule has 2 nitrogen and oxygen atoms in total. The number of nitrogens with zero attached hydrogens (tertiary/aromatic N) is 1. The van der Waals surface area contributed by atoms with Crippen LogP contribution in [0.1, 0.15) is 43.1 Å². The third kappa shape index (κ3) is 4.42. The van der Waals surface area contributed by atoms with Crippen LogP contribution in [0, 0.1) is 11.3 Å². The molecular formula is C12H15NO. The number of nitriles is 1. The van der Waals surface area contributed by atoms with Crippen molar-refractivity contribution in [3.8, 4) is 6.07 Å². The van der Waals surface area contributed by atoms with Crippen LogP contribution in [0.25, 0.3) is 0 Å². The molecular weight excluding hydrogens is 174 g/mol. The first-order chi connectivity index (χ1) is 6.65. The van der Waals surface area contributed by atoms with Crippen LogP contribution in [0.5, 0.6) is 0 Å². The number of ketones is 1. The maximum atomic E-state index is 10.8. The van der Waals surface area contributed by atoms with E-state index in [0.717, 1.165) is 0 Å². The quantitative estimate of drug-likeness (QED) is 0.636. The summed E-state index contributed by atoms with van der Waals surface area (Å²) in [5.41, 5.74) is 1.22. The van der Waals surface area contributed by atoms with Crippen molar-refractivity contribution in [3.05, 3.63) is 35.4 Å². The molecule has 0 amide bonds. The first-order valence-electron chi connectivity index (χ1n) is 4.66. The van der Waals surface area contributed by atoms with Crippen molar-refractivity contribution in [1.29, 1.82) is 5.26 Å². The molecule has 1 rings (SSSR count). The van der Waals surface area contributed by atoms with E-state index in [9.17, 15) is 4.79 Å². The van der Waals surface area contributed by atoms with Gasteiger partial charge >= 0.3 is 0 Å². The van der Waals surface area contributed by atoms with Gasteiger partial charge in [0, 0.05) is 5.56 Å². The van der Waals surface area contributed by atoms with Crippen molar-refractivity contribution in [2.75, 3.05) is 0 Å². The normalized spacial score (nSPS) is 8.14. The Morgan fingerprint density at radius 3 is 2.00 bits per heavy atom. The van der Waals surface area contributed by atoms with E-state index in [-0.39, 0.29) is 5.78 Å². The van der Waals surface area contributed by atoms with Gasteiger partial charge in [-0.2, -0.15) is 5.26 Å². The van der Waals surface area contributed by atoms with Crippen molar-refractivity contribution < 1.29 is 4.79 Å². The number of Topliss-reactive ketones (excluding diaryl/α,β-unsaturated/α-hetero) is 1. The summed E-state index contributed by atoms with van der Waals surface area (Å²) in [6, 6.07) is 8.56. The molecule has 0 aromatic heterocycles. The Balaban J connectivity index is 0.000000500. The Kier molecular flexibility index (Phi) is 6.06. The van der Waals surface area contributed by atoms with Crippen LogP contribution in [0.4, 0.5) is 0 Å². The lowest BCUT2D eigenvalue weighted by Crippen LogP contribution is -1.90. The zero-order valence-corrected chi connectivity index (χ0v) is 8.87. The van der Waals surface area contributed by atoms with Crippen molar-refractivity contribution >= 4 is 5.78 Å². The summed E-state index contributed by atoms with van der Waals surface area (Å²) in [5.74, 6) is 0.0227. The molecule has 1 aromatic rings. The van der Waals surface area contributed by atoms with Crippen molar-refractivity contribution in [3.63, 3.8) is 0 Å². The Bertz CT molecular complexity index is 319. The first kappa shape index (κ1) is 12.4. The molecule has 1 aromatic carbocycles. The van der Waals surface area contributed by atoms with Crippen LogP contribution in [0.15, 0.2) is 24.3 Å². The fourth-order valence-electron chi connectivity index (χ4n) is 0.779. The lowest BCUT2D eigenvalue weighted by molar-refractivity contribution is 0.101. The summed E-state index contributed by atoms with van der Waals surface area (Å²) in [6.45, 7) is 5.75. The molecule has 0 radical (unpaired) electrons. The summed E-state index contributed by atoms with van der Waals surface area (Å²) in [7, 11) is 0. The van der Waals surface area contributed by atoms with Gasteiger partial charge in [-0.1, -0.05) is 32.4 Å². The maximum absolute atomic E-state index is 10.8. The Hall–Kier alpha value is -1.62. The minimum atomic E-state index is 0.0227. The summed E-state index contributed by atoms with van der Waals surface area (Å²) in [4.78, 5) is 10.8. The van der Waals surface area contributed by atoms with Crippen molar-refractivity contribution in [2.24, 2.45) is 0 Å². The second-order valence-electron chi connectivity index (χ2n) is 2.95. The van der Waals surface area contributed by atoms with Gasteiger partial charge in [0.15, 0.2) is 5.78 Å². The van der Waals surface area contributed by atoms with Gasteiger partial charge in [-0.25, -0.2) is 0 Å². The molecule has 0 N–H and O–H groups in total. The van der Waals surface area contributed by atoms with Gasteiger partial charge in [-0.15, -0.1) is 0 Å². The summed E-state index contributed by atoms with van der Waals surface area (Å²) in [5, 5.41) is 8.43. The third-order valence-corrected chi connectivity index (χ3v) is 1.42. The van der Waals surface area contributed by atoms with Gasteiger partial charge in [-0.3, -0.25) is 4.79 Å². The van der Waals surface area contributed by atoms with Crippen LogP contribution in [0.2, 0.25) is 0 Å². The maximum Gasteiger partial charge on any atom is 0.159 e. The average Bonchev–Trinajstić information content (AvgIpc) is 2.19. The van der Waals surface area contributed by atoms with Crippen LogP contribution >= 0.6 is 0 Å². The molecule has 0 atom stereocenters.